The summed E-state index contributed by atoms with van der Waals surface area (Å²) in [6.07, 6.45) is -2.04. The van der Waals surface area contributed by atoms with Crippen LogP contribution in [-0.2, 0) is 6.18 Å². The van der Waals surface area contributed by atoms with Crippen molar-refractivity contribution in [2.45, 2.75) is 6.18 Å². The highest BCUT2D eigenvalue weighted by atomic mass is 19.4. The number of hydrogen-bond acceptors (Lipinski definition) is 2. The van der Waals surface area contributed by atoms with Gasteiger partial charge in [0.2, 0.25) is 0 Å². The highest BCUT2D eigenvalue weighted by Crippen LogP contribution is 2.35. The minimum atomic E-state index is -4.47. The molecule has 0 bridgehead atoms. The summed E-state index contributed by atoms with van der Waals surface area (Å²) < 4.78 is 42.5. The van der Waals surface area contributed by atoms with Crippen LogP contribution in [0.5, 0.6) is 0 Å². The molecule has 0 aliphatic rings. The maximum Gasteiger partial charge on any atom is 0.434 e. The van der Waals surface area contributed by atoms with Crippen LogP contribution in [0.3, 0.4) is 0 Å². The van der Waals surface area contributed by atoms with Gasteiger partial charge in [0.1, 0.15) is 5.76 Å². The number of pyridine rings is 1. The molecule has 0 aliphatic carbocycles. The molecule has 0 atom stereocenters. The van der Waals surface area contributed by atoms with E-state index in [1.54, 1.807) is 0 Å². The van der Waals surface area contributed by atoms with E-state index in [9.17, 15) is 13.2 Å². The molecule has 2 aromatic rings. The monoisotopic (exact) mass is 213 g/mol. The summed E-state index contributed by atoms with van der Waals surface area (Å²) in [7, 11) is 0. The summed E-state index contributed by atoms with van der Waals surface area (Å²) in [5.74, 6) is 0.162. The number of halogens is 3. The van der Waals surface area contributed by atoms with E-state index in [0.29, 0.717) is 0 Å². The van der Waals surface area contributed by atoms with Crippen molar-refractivity contribution in [1.29, 1.82) is 0 Å². The number of alkyl halides is 3. The lowest BCUT2D eigenvalue weighted by Gasteiger charge is -2.08. The van der Waals surface area contributed by atoms with Crippen LogP contribution >= 0.6 is 0 Å². The molecule has 15 heavy (non-hydrogen) atoms. The van der Waals surface area contributed by atoms with Crippen LogP contribution in [0, 0.1) is 0 Å². The van der Waals surface area contributed by atoms with E-state index in [0.717, 1.165) is 6.20 Å². The van der Waals surface area contributed by atoms with Crippen LogP contribution in [0.2, 0.25) is 0 Å². The Morgan fingerprint density at radius 1 is 1.13 bits per heavy atom. The van der Waals surface area contributed by atoms with Gasteiger partial charge in [-0.25, -0.2) is 0 Å². The standard InChI is InChI=1S/C10H6F3NO/c11-10(12,13)9-7(3-1-5-14-9)8-4-2-6-15-8/h1-6H. The molecule has 5 heteroatoms. The maximum atomic E-state index is 12.5. The molecule has 0 saturated heterocycles. The normalized spacial score (nSPS) is 11.7. The first-order valence-electron chi connectivity index (χ1n) is 4.15. The molecule has 0 saturated carbocycles. The van der Waals surface area contributed by atoms with Gasteiger partial charge in [-0.3, -0.25) is 4.98 Å². The lowest BCUT2D eigenvalue weighted by Crippen LogP contribution is -2.09. The first-order chi connectivity index (χ1) is 7.09. The minimum absolute atomic E-state index is 0.0463. The van der Waals surface area contributed by atoms with Crippen molar-refractivity contribution in [1.82, 2.24) is 4.98 Å². The van der Waals surface area contributed by atoms with E-state index < -0.39 is 11.9 Å². The smallest absolute Gasteiger partial charge is 0.434 e. The number of nitrogens with zero attached hydrogens (tertiary/aromatic N) is 1. The van der Waals surface area contributed by atoms with Gasteiger partial charge in [-0.1, -0.05) is 0 Å². The Labute approximate surface area is 83.4 Å². The molecule has 0 N–H and O–H groups in total. The SMILES string of the molecule is FC(F)(F)c1ncccc1-c1ccco1. The van der Waals surface area contributed by atoms with Crippen LogP contribution < -0.4 is 0 Å². The average molecular weight is 213 g/mol. The molecule has 0 aliphatic heterocycles. The van der Waals surface area contributed by atoms with Crippen molar-refractivity contribution in [2.75, 3.05) is 0 Å². The molecule has 2 nitrogen and oxygen atoms in total. The lowest BCUT2D eigenvalue weighted by molar-refractivity contribution is -0.140. The average Bonchev–Trinajstić information content (AvgIpc) is 2.69. The molecular formula is C10H6F3NO. The number of rotatable bonds is 1. The predicted octanol–water partition coefficient (Wildman–Crippen LogP) is 3.36. The first-order valence-corrected chi connectivity index (χ1v) is 4.15. The molecule has 0 spiro atoms. The van der Waals surface area contributed by atoms with E-state index in [1.165, 1.54) is 30.5 Å². The zero-order chi connectivity index (χ0) is 10.9. The van der Waals surface area contributed by atoms with Crippen molar-refractivity contribution < 1.29 is 17.6 Å². The zero-order valence-corrected chi connectivity index (χ0v) is 7.45. The van der Waals surface area contributed by atoms with Crippen LogP contribution in [0.25, 0.3) is 11.3 Å². The predicted molar refractivity (Wildman–Crippen MR) is 46.9 cm³/mol. The molecule has 0 amide bonds. The summed E-state index contributed by atoms with van der Waals surface area (Å²) in [6.45, 7) is 0. The molecule has 0 fully saturated rings. The van der Waals surface area contributed by atoms with E-state index in [1.807, 2.05) is 0 Å². The fraction of sp³-hybridized carbons (Fsp3) is 0.100. The van der Waals surface area contributed by atoms with E-state index in [2.05, 4.69) is 4.98 Å². The third kappa shape index (κ3) is 1.86. The van der Waals surface area contributed by atoms with Gasteiger partial charge in [0.15, 0.2) is 5.69 Å². The fourth-order valence-corrected chi connectivity index (χ4v) is 1.26. The summed E-state index contributed by atoms with van der Waals surface area (Å²) in [5, 5.41) is 0. The van der Waals surface area contributed by atoms with E-state index in [-0.39, 0.29) is 11.3 Å². The molecule has 0 unspecified atom stereocenters. The number of furan rings is 1. The van der Waals surface area contributed by atoms with Gasteiger partial charge in [-0.05, 0) is 24.3 Å². The number of aromatic nitrogens is 1. The Bertz CT molecular complexity index is 448. The Kier molecular flexibility index (Phi) is 2.22. The summed E-state index contributed by atoms with van der Waals surface area (Å²) in [5.41, 5.74) is -0.977. The van der Waals surface area contributed by atoms with Crippen LogP contribution in [0.4, 0.5) is 13.2 Å². The second-order valence-corrected chi connectivity index (χ2v) is 2.87. The molecule has 0 radical (unpaired) electrons. The van der Waals surface area contributed by atoms with Crippen molar-refractivity contribution in [2.24, 2.45) is 0 Å². The quantitative estimate of drug-likeness (QED) is 0.725. The Balaban J connectivity index is 2.58. The van der Waals surface area contributed by atoms with Gasteiger partial charge in [0, 0.05) is 11.8 Å². The van der Waals surface area contributed by atoms with Gasteiger partial charge in [0.05, 0.1) is 6.26 Å². The largest absolute Gasteiger partial charge is 0.464 e. The number of hydrogen-bond donors (Lipinski definition) is 0. The van der Waals surface area contributed by atoms with Gasteiger partial charge in [0.25, 0.3) is 0 Å². The highest BCUT2D eigenvalue weighted by molar-refractivity contribution is 5.60. The van der Waals surface area contributed by atoms with Gasteiger partial charge >= 0.3 is 6.18 Å². The second kappa shape index (κ2) is 3.42. The van der Waals surface area contributed by atoms with Crippen molar-refractivity contribution in [3.8, 4) is 11.3 Å². The topological polar surface area (TPSA) is 26.0 Å². The van der Waals surface area contributed by atoms with Gasteiger partial charge < -0.3 is 4.42 Å². The second-order valence-electron chi connectivity index (χ2n) is 2.87. The Morgan fingerprint density at radius 2 is 1.93 bits per heavy atom. The first kappa shape index (κ1) is 9.76. The van der Waals surface area contributed by atoms with Crippen molar-refractivity contribution in [3.05, 3.63) is 42.4 Å². The maximum absolute atomic E-state index is 12.5. The van der Waals surface area contributed by atoms with Crippen LogP contribution in [0.15, 0.2) is 41.1 Å². The Hall–Kier alpha value is -1.78. The molecule has 2 aromatic heterocycles. The van der Waals surface area contributed by atoms with Crippen molar-refractivity contribution in [3.63, 3.8) is 0 Å². The summed E-state index contributed by atoms with van der Waals surface area (Å²) in [4.78, 5) is 3.32. The fourth-order valence-electron chi connectivity index (χ4n) is 1.26. The molecular weight excluding hydrogens is 207 g/mol. The molecule has 2 rings (SSSR count). The van der Waals surface area contributed by atoms with E-state index >= 15 is 0 Å². The van der Waals surface area contributed by atoms with Gasteiger partial charge in [-0.2, -0.15) is 13.2 Å². The third-order valence-electron chi connectivity index (χ3n) is 1.86. The molecule has 0 aromatic carbocycles. The highest BCUT2D eigenvalue weighted by Gasteiger charge is 2.35. The third-order valence-corrected chi connectivity index (χ3v) is 1.86. The lowest BCUT2D eigenvalue weighted by atomic mass is 10.1. The van der Waals surface area contributed by atoms with Gasteiger partial charge in [-0.15, -0.1) is 0 Å². The van der Waals surface area contributed by atoms with E-state index in [4.69, 9.17) is 4.42 Å². The van der Waals surface area contributed by atoms with Crippen molar-refractivity contribution >= 4 is 0 Å². The Morgan fingerprint density at radius 3 is 2.53 bits per heavy atom. The molecule has 78 valence electrons. The summed E-state index contributed by atoms with van der Waals surface area (Å²) in [6, 6.07) is 5.76. The molecule has 2 heterocycles. The van der Waals surface area contributed by atoms with Crippen LogP contribution in [0.1, 0.15) is 5.69 Å². The summed E-state index contributed by atoms with van der Waals surface area (Å²) >= 11 is 0. The minimum Gasteiger partial charge on any atom is -0.464 e. The zero-order valence-electron chi connectivity index (χ0n) is 7.45. The van der Waals surface area contributed by atoms with Crippen LogP contribution in [-0.4, -0.2) is 4.98 Å².